The molecule has 2 aromatic rings. The summed E-state index contributed by atoms with van der Waals surface area (Å²) in [5, 5.41) is 3.37. The van der Waals surface area contributed by atoms with E-state index in [1.807, 2.05) is 29.3 Å². The maximum atomic E-state index is 13.3. The summed E-state index contributed by atoms with van der Waals surface area (Å²) in [5.74, 6) is 0.727. The Kier molecular flexibility index (Phi) is 10.8. The number of nitrogens with zero attached hydrogens (tertiary/aromatic N) is 3. The molecule has 1 aromatic carbocycles. The van der Waals surface area contributed by atoms with Gasteiger partial charge in [-0.1, -0.05) is 49.2 Å². The third-order valence-electron chi connectivity index (χ3n) is 8.49. The van der Waals surface area contributed by atoms with E-state index in [2.05, 4.69) is 39.5 Å². The first-order valence-corrected chi connectivity index (χ1v) is 13.4. The first-order valence-electron chi connectivity index (χ1n) is 13.4. The lowest BCUT2D eigenvalue weighted by atomic mass is 9.77. The second-order valence-corrected chi connectivity index (χ2v) is 10.7. The van der Waals surface area contributed by atoms with Gasteiger partial charge < -0.3 is 15.1 Å². The minimum Gasteiger partial charge on any atom is -0.349 e. The van der Waals surface area contributed by atoms with Crippen molar-refractivity contribution < 1.29 is 9.59 Å². The van der Waals surface area contributed by atoms with Gasteiger partial charge in [0, 0.05) is 37.9 Å². The second-order valence-electron chi connectivity index (χ2n) is 10.7. The Morgan fingerprint density at radius 1 is 1.00 bits per heavy atom. The van der Waals surface area contributed by atoms with Gasteiger partial charge in [0.15, 0.2) is 0 Å². The van der Waals surface area contributed by atoms with Crippen LogP contribution in [0.25, 0.3) is 0 Å². The van der Waals surface area contributed by atoms with Gasteiger partial charge in [-0.2, -0.15) is 0 Å². The monoisotopic (exact) mass is 546 g/mol. The van der Waals surface area contributed by atoms with Gasteiger partial charge in [-0.25, -0.2) is 0 Å². The number of hydrogen-bond acceptors (Lipinski definition) is 4. The molecule has 202 valence electrons. The number of rotatable bonds is 8. The molecule has 1 N–H and O–H groups in total. The Bertz CT molecular complexity index is 993. The van der Waals surface area contributed by atoms with Crippen molar-refractivity contribution in [3.05, 3.63) is 66.0 Å². The van der Waals surface area contributed by atoms with Crippen LogP contribution in [0.15, 0.2) is 54.9 Å². The Hall–Kier alpha value is -2.15. The largest absolute Gasteiger partial charge is 0.349 e. The van der Waals surface area contributed by atoms with E-state index in [9.17, 15) is 9.59 Å². The van der Waals surface area contributed by atoms with Crippen LogP contribution in [0.4, 0.5) is 0 Å². The Morgan fingerprint density at radius 2 is 1.70 bits per heavy atom. The number of pyridine rings is 1. The van der Waals surface area contributed by atoms with Gasteiger partial charge in [0.05, 0.1) is 11.5 Å². The third-order valence-corrected chi connectivity index (χ3v) is 8.49. The standard InChI is InChI=1S/C29H38N4O2.2ClH/c34-27(25-10-4-5-11-25)31-26(24-8-2-1-3-9-24)12-17-32-18-13-29(14-19-32)15-20-33(28(29)35)22-23-7-6-16-30-21-23;;/h1-3,6-9,16,21,25-26H,4-5,10-15,17-20,22H2,(H,31,34);2*1H/t26-;;/m0../s1. The zero-order chi connectivity index (χ0) is 24.1. The van der Waals surface area contributed by atoms with Crippen molar-refractivity contribution in [1.29, 1.82) is 0 Å². The van der Waals surface area contributed by atoms with E-state index >= 15 is 0 Å². The minimum atomic E-state index is -0.186. The van der Waals surface area contributed by atoms with Gasteiger partial charge >= 0.3 is 0 Å². The lowest BCUT2D eigenvalue weighted by Gasteiger charge is -2.38. The predicted molar refractivity (Wildman–Crippen MR) is 151 cm³/mol. The number of hydrogen-bond donors (Lipinski definition) is 1. The van der Waals surface area contributed by atoms with Crippen LogP contribution in [0, 0.1) is 11.3 Å². The fourth-order valence-electron chi connectivity index (χ4n) is 6.22. The molecule has 1 aromatic heterocycles. The molecular formula is C29H40Cl2N4O2. The maximum Gasteiger partial charge on any atom is 0.229 e. The zero-order valence-corrected chi connectivity index (χ0v) is 23.2. The molecule has 3 aliphatic rings. The van der Waals surface area contributed by atoms with Gasteiger partial charge in [-0.15, -0.1) is 24.8 Å². The molecule has 2 aliphatic heterocycles. The first kappa shape index (κ1) is 29.4. The first-order chi connectivity index (χ1) is 17.1. The molecule has 0 bridgehead atoms. The molecule has 0 unspecified atom stereocenters. The van der Waals surface area contributed by atoms with E-state index in [1.54, 1.807) is 6.20 Å². The quantitative estimate of drug-likeness (QED) is 0.495. The van der Waals surface area contributed by atoms with E-state index in [4.69, 9.17) is 0 Å². The summed E-state index contributed by atoms with van der Waals surface area (Å²) >= 11 is 0. The fourth-order valence-corrected chi connectivity index (χ4v) is 6.22. The summed E-state index contributed by atoms with van der Waals surface area (Å²) < 4.78 is 0. The average Bonchev–Trinajstić information content (AvgIpc) is 3.54. The smallest absolute Gasteiger partial charge is 0.229 e. The Morgan fingerprint density at radius 3 is 2.38 bits per heavy atom. The van der Waals surface area contributed by atoms with Crippen molar-refractivity contribution >= 4 is 36.6 Å². The highest BCUT2D eigenvalue weighted by molar-refractivity contribution is 5.86. The van der Waals surface area contributed by atoms with Crippen LogP contribution in [0.2, 0.25) is 0 Å². The SMILES string of the molecule is Cl.Cl.O=C(N[C@@H](CCN1CCC2(CC1)CCN(Cc1cccnc1)C2=O)c1ccccc1)C1CCCC1. The van der Waals surface area contributed by atoms with E-state index in [1.165, 1.54) is 18.4 Å². The number of carbonyl (C=O) groups excluding carboxylic acids is 2. The molecule has 1 aliphatic carbocycles. The van der Waals surface area contributed by atoms with E-state index in [0.29, 0.717) is 12.5 Å². The zero-order valence-electron chi connectivity index (χ0n) is 21.5. The lowest BCUT2D eigenvalue weighted by Crippen LogP contribution is -2.45. The summed E-state index contributed by atoms with van der Waals surface area (Å²) in [4.78, 5) is 34.9. The van der Waals surface area contributed by atoms with E-state index in [-0.39, 0.29) is 48.1 Å². The highest BCUT2D eigenvalue weighted by Gasteiger charge is 2.47. The van der Waals surface area contributed by atoms with Crippen LogP contribution in [0.3, 0.4) is 0 Å². The summed E-state index contributed by atoms with van der Waals surface area (Å²) in [6.45, 7) is 4.35. The van der Waals surface area contributed by atoms with Crippen molar-refractivity contribution in [3.8, 4) is 0 Å². The van der Waals surface area contributed by atoms with Crippen LogP contribution < -0.4 is 5.32 Å². The van der Waals surface area contributed by atoms with E-state index < -0.39 is 0 Å². The van der Waals surface area contributed by atoms with Crippen molar-refractivity contribution in [2.75, 3.05) is 26.2 Å². The van der Waals surface area contributed by atoms with Crippen LogP contribution >= 0.6 is 24.8 Å². The molecule has 8 heteroatoms. The summed E-state index contributed by atoms with van der Waals surface area (Å²) in [6.07, 6.45) is 11.7. The molecule has 1 spiro atoms. The van der Waals surface area contributed by atoms with Gasteiger partial charge in [0.25, 0.3) is 0 Å². The maximum absolute atomic E-state index is 13.3. The highest BCUT2D eigenvalue weighted by atomic mass is 35.5. The third kappa shape index (κ3) is 7.04. The van der Waals surface area contributed by atoms with Crippen LogP contribution in [0.5, 0.6) is 0 Å². The topological polar surface area (TPSA) is 65.5 Å². The Balaban J connectivity index is 0.00000190. The minimum absolute atomic E-state index is 0. The molecular weight excluding hydrogens is 507 g/mol. The molecule has 0 radical (unpaired) electrons. The molecule has 37 heavy (non-hydrogen) atoms. The second kappa shape index (κ2) is 13.6. The van der Waals surface area contributed by atoms with Gasteiger partial charge in [-0.3, -0.25) is 14.6 Å². The van der Waals surface area contributed by atoms with Crippen LogP contribution in [-0.4, -0.2) is 52.8 Å². The molecule has 3 heterocycles. The predicted octanol–water partition coefficient (Wildman–Crippen LogP) is 5.18. The number of carbonyl (C=O) groups is 2. The van der Waals surface area contributed by atoms with Gasteiger partial charge in [-0.05, 0) is 68.8 Å². The number of piperidine rings is 1. The average molecular weight is 548 g/mol. The Labute approximate surface area is 233 Å². The lowest BCUT2D eigenvalue weighted by molar-refractivity contribution is -0.139. The van der Waals surface area contributed by atoms with Crippen molar-refractivity contribution in [1.82, 2.24) is 20.1 Å². The number of benzene rings is 1. The van der Waals surface area contributed by atoms with Crippen LogP contribution in [-0.2, 0) is 16.1 Å². The molecule has 3 fully saturated rings. The molecule has 6 nitrogen and oxygen atoms in total. The normalized spacial score (nSPS) is 20.3. The molecule has 2 amide bonds. The number of likely N-dealkylation sites (tertiary alicyclic amines) is 2. The number of nitrogens with one attached hydrogen (secondary N) is 1. The van der Waals surface area contributed by atoms with Crippen molar-refractivity contribution in [2.45, 2.75) is 64.0 Å². The number of halogens is 2. The highest BCUT2D eigenvalue weighted by Crippen LogP contribution is 2.42. The van der Waals surface area contributed by atoms with Crippen LogP contribution in [0.1, 0.15) is 68.5 Å². The van der Waals surface area contributed by atoms with Crippen molar-refractivity contribution in [3.63, 3.8) is 0 Å². The van der Waals surface area contributed by atoms with Crippen molar-refractivity contribution in [2.24, 2.45) is 11.3 Å². The van der Waals surface area contributed by atoms with E-state index in [0.717, 1.165) is 70.3 Å². The van der Waals surface area contributed by atoms with Gasteiger partial charge in [0.2, 0.25) is 11.8 Å². The van der Waals surface area contributed by atoms with Gasteiger partial charge in [0.1, 0.15) is 0 Å². The summed E-state index contributed by atoms with van der Waals surface area (Å²) in [6, 6.07) is 14.4. The summed E-state index contributed by atoms with van der Waals surface area (Å²) in [7, 11) is 0. The summed E-state index contributed by atoms with van der Waals surface area (Å²) in [5.41, 5.74) is 2.10. The molecule has 2 saturated heterocycles. The number of aromatic nitrogens is 1. The molecule has 1 saturated carbocycles. The molecule has 5 rings (SSSR count). The number of amides is 2. The molecule has 1 atom stereocenters. The fraction of sp³-hybridized carbons (Fsp3) is 0.552.